The summed E-state index contributed by atoms with van der Waals surface area (Å²) in [6, 6.07) is 0. The van der Waals surface area contributed by atoms with Crippen molar-refractivity contribution in [2.24, 2.45) is 0 Å². The molecular formula is C12H15N3O3S. The van der Waals surface area contributed by atoms with Gasteiger partial charge in [0.1, 0.15) is 4.83 Å². The Morgan fingerprint density at radius 2 is 2.11 bits per heavy atom. The molecular weight excluding hydrogens is 266 g/mol. The van der Waals surface area contributed by atoms with Crippen molar-refractivity contribution in [3.05, 3.63) is 31.3 Å². The van der Waals surface area contributed by atoms with Gasteiger partial charge in [-0.25, -0.2) is 4.79 Å². The Kier molecular flexibility index (Phi) is 3.57. The quantitative estimate of drug-likeness (QED) is 0.874. The lowest BCUT2D eigenvalue weighted by Gasteiger charge is -2.02. The minimum Gasteiger partial charge on any atom is -0.354 e. The summed E-state index contributed by atoms with van der Waals surface area (Å²) >= 11 is 1.13. The van der Waals surface area contributed by atoms with E-state index in [4.69, 9.17) is 0 Å². The summed E-state index contributed by atoms with van der Waals surface area (Å²) < 4.78 is 1.18. The summed E-state index contributed by atoms with van der Waals surface area (Å²) in [6.45, 7) is 3.99. The zero-order valence-electron chi connectivity index (χ0n) is 11.0. The molecule has 2 rings (SSSR count). The summed E-state index contributed by atoms with van der Waals surface area (Å²) in [4.78, 5) is 39.4. The third kappa shape index (κ3) is 2.10. The molecule has 0 aliphatic carbocycles. The first-order valence-electron chi connectivity index (χ1n) is 5.99. The van der Waals surface area contributed by atoms with E-state index < -0.39 is 5.69 Å². The maximum Gasteiger partial charge on any atom is 0.329 e. The smallest absolute Gasteiger partial charge is 0.329 e. The number of nitrogens with one attached hydrogen (secondary N) is 2. The van der Waals surface area contributed by atoms with E-state index in [1.54, 1.807) is 6.92 Å². The van der Waals surface area contributed by atoms with Gasteiger partial charge >= 0.3 is 5.69 Å². The predicted molar refractivity (Wildman–Crippen MR) is 75.1 cm³/mol. The van der Waals surface area contributed by atoms with E-state index >= 15 is 0 Å². The molecule has 0 aliphatic heterocycles. The Morgan fingerprint density at radius 1 is 1.42 bits per heavy atom. The van der Waals surface area contributed by atoms with Crippen LogP contribution in [0, 0.1) is 6.92 Å². The van der Waals surface area contributed by atoms with Crippen LogP contribution in [0.1, 0.15) is 28.6 Å². The number of carbonyl (C=O) groups excluding carboxylic acids is 1. The van der Waals surface area contributed by atoms with Gasteiger partial charge in [0, 0.05) is 13.6 Å². The van der Waals surface area contributed by atoms with Gasteiger partial charge in [-0.05, 0) is 18.9 Å². The maximum absolute atomic E-state index is 12.3. The molecule has 2 heterocycles. The SMILES string of the molecule is CCCn1c(=O)[nH]c2sc(C(=O)NC)c(C)c2c1=O. The standard InChI is InChI=1S/C12H15N3O3S/c1-4-5-15-11(17)7-6(2)8(9(16)13-3)19-10(7)14-12(15)18/h4-5H2,1-3H3,(H,13,16)(H,14,18). The van der Waals surface area contributed by atoms with Gasteiger partial charge in [-0.15, -0.1) is 11.3 Å². The maximum atomic E-state index is 12.3. The Morgan fingerprint density at radius 3 is 2.68 bits per heavy atom. The molecule has 1 amide bonds. The normalized spacial score (nSPS) is 10.9. The first-order chi connectivity index (χ1) is 9.01. The van der Waals surface area contributed by atoms with Crippen LogP contribution >= 0.6 is 11.3 Å². The molecule has 0 unspecified atom stereocenters. The Hall–Kier alpha value is -1.89. The first kappa shape index (κ1) is 13.5. The Bertz CT molecular complexity index is 754. The van der Waals surface area contributed by atoms with Crippen molar-refractivity contribution in [3.8, 4) is 0 Å². The molecule has 0 saturated carbocycles. The summed E-state index contributed by atoms with van der Waals surface area (Å²) in [7, 11) is 1.53. The monoisotopic (exact) mass is 281 g/mol. The number of hydrogen-bond donors (Lipinski definition) is 2. The molecule has 6 nitrogen and oxygen atoms in total. The van der Waals surface area contributed by atoms with Crippen molar-refractivity contribution >= 4 is 27.5 Å². The van der Waals surface area contributed by atoms with Crippen LogP contribution in [0.4, 0.5) is 0 Å². The van der Waals surface area contributed by atoms with Gasteiger partial charge in [-0.3, -0.25) is 19.1 Å². The number of fused-ring (bicyclic) bond motifs is 1. The van der Waals surface area contributed by atoms with Gasteiger partial charge in [-0.2, -0.15) is 0 Å². The lowest BCUT2D eigenvalue weighted by molar-refractivity contribution is 0.0966. The van der Waals surface area contributed by atoms with E-state index in [9.17, 15) is 14.4 Å². The molecule has 0 aliphatic rings. The molecule has 2 N–H and O–H groups in total. The molecule has 0 spiro atoms. The molecule has 102 valence electrons. The number of carbonyl (C=O) groups is 1. The van der Waals surface area contributed by atoms with Crippen molar-refractivity contribution < 1.29 is 4.79 Å². The third-order valence-corrected chi connectivity index (χ3v) is 4.16. The molecule has 2 aromatic rings. The Labute approximate surface area is 113 Å². The lowest BCUT2D eigenvalue weighted by Crippen LogP contribution is -2.34. The van der Waals surface area contributed by atoms with Crippen LogP contribution in [0.2, 0.25) is 0 Å². The molecule has 0 fully saturated rings. The van der Waals surface area contributed by atoms with Crippen molar-refractivity contribution in [2.75, 3.05) is 7.05 Å². The highest BCUT2D eigenvalue weighted by Crippen LogP contribution is 2.25. The fraction of sp³-hybridized carbons (Fsp3) is 0.417. The summed E-state index contributed by atoms with van der Waals surface area (Å²) in [5.74, 6) is -0.249. The minimum atomic E-state index is -0.427. The van der Waals surface area contributed by atoms with Crippen LogP contribution in [-0.2, 0) is 6.54 Å². The average Bonchev–Trinajstić information content (AvgIpc) is 2.70. The molecule has 19 heavy (non-hydrogen) atoms. The number of nitrogens with zero attached hydrogens (tertiary/aromatic N) is 1. The molecule has 0 atom stereocenters. The summed E-state index contributed by atoms with van der Waals surface area (Å²) in [6.07, 6.45) is 0.694. The third-order valence-electron chi connectivity index (χ3n) is 2.95. The van der Waals surface area contributed by atoms with Gasteiger partial charge in [-0.1, -0.05) is 6.92 Å². The average molecular weight is 281 g/mol. The summed E-state index contributed by atoms with van der Waals surface area (Å²) in [5, 5.41) is 2.95. The van der Waals surface area contributed by atoms with Crippen LogP contribution in [0.3, 0.4) is 0 Å². The number of H-pyrrole nitrogens is 1. The van der Waals surface area contributed by atoms with Crippen LogP contribution in [0.15, 0.2) is 9.59 Å². The number of rotatable bonds is 3. The zero-order chi connectivity index (χ0) is 14.2. The fourth-order valence-corrected chi connectivity index (χ4v) is 3.14. The highest BCUT2D eigenvalue weighted by Gasteiger charge is 2.19. The first-order valence-corrected chi connectivity index (χ1v) is 6.81. The van der Waals surface area contributed by atoms with E-state index in [1.807, 2.05) is 6.92 Å². The predicted octanol–water partition coefficient (Wildman–Crippen LogP) is 0.829. The largest absolute Gasteiger partial charge is 0.354 e. The van der Waals surface area contributed by atoms with Gasteiger partial charge in [0.2, 0.25) is 0 Å². The van der Waals surface area contributed by atoms with Crippen LogP contribution in [0.5, 0.6) is 0 Å². The van der Waals surface area contributed by atoms with Crippen molar-refractivity contribution in [1.29, 1.82) is 0 Å². The van der Waals surface area contributed by atoms with Crippen LogP contribution in [0.25, 0.3) is 10.2 Å². The number of aromatic amines is 1. The van der Waals surface area contributed by atoms with E-state index in [-0.39, 0.29) is 11.5 Å². The number of amides is 1. The molecule has 0 bridgehead atoms. The molecule has 0 saturated heterocycles. The number of hydrogen-bond acceptors (Lipinski definition) is 4. The number of aryl methyl sites for hydroxylation is 1. The van der Waals surface area contributed by atoms with Gasteiger partial charge in [0.25, 0.3) is 11.5 Å². The van der Waals surface area contributed by atoms with Crippen LogP contribution < -0.4 is 16.6 Å². The molecule has 7 heteroatoms. The second-order valence-electron chi connectivity index (χ2n) is 4.23. The number of aromatic nitrogens is 2. The molecule has 2 aromatic heterocycles. The van der Waals surface area contributed by atoms with Gasteiger partial charge in [0.05, 0.1) is 10.3 Å². The van der Waals surface area contributed by atoms with E-state index in [0.717, 1.165) is 11.3 Å². The van der Waals surface area contributed by atoms with Gasteiger partial charge < -0.3 is 5.32 Å². The summed E-state index contributed by atoms with van der Waals surface area (Å²) in [5.41, 5.74) is -0.140. The Balaban J connectivity index is 2.83. The minimum absolute atomic E-state index is 0.249. The van der Waals surface area contributed by atoms with Crippen LogP contribution in [-0.4, -0.2) is 22.5 Å². The molecule has 0 aromatic carbocycles. The van der Waals surface area contributed by atoms with Crippen molar-refractivity contribution in [2.45, 2.75) is 26.8 Å². The highest BCUT2D eigenvalue weighted by atomic mass is 32.1. The highest BCUT2D eigenvalue weighted by molar-refractivity contribution is 7.20. The zero-order valence-corrected chi connectivity index (χ0v) is 11.8. The molecule has 0 radical (unpaired) electrons. The van der Waals surface area contributed by atoms with E-state index in [0.29, 0.717) is 33.6 Å². The second kappa shape index (κ2) is 5.00. The van der Waals surface area contributed by atoms with E-state index in [2.05, 4.69) is 10.3 Å². The number of thiophene rings is 1. The van der Waals surface area contributed by atoms with Crippen molar-refractivity contribution in [1.82, 2.24) is 14.9 Å². The van der Waals surface area contributed by atoms with Gasteiger partial charge in [0.15, 0.2) is 0 Å². The van der Waals surface area contributed by atoms with Crippen molar-refractivity contribution in [3.63, 3.8) is 0 Å². The topological polar surface area (TPSA) is 84.0 Å². The second-order valence-corrected chi connectivity index (χ2v) is 5.25. The fourth-order valence-electron chi connectivity index (χ4n) is 2.01. The van der Waals surface area contributed by atoms with E-state index in [1.165, 1.54) is 11.6 Å². The lowest BCUT2D eigenvalue weighted by atomic mass is 10.2.